The molecule has 0 aliphatic heterocycles. The number of ether oxygens (including phenoxy) is 1. The van der Waals surface area contributed by atoms with Crippen molar-refractivity contribution in [2.45, 2.75) is 19.5 Å². The van der Waals surface area contributed by atoms with Crippen molar-refractivity contribution in [2.24, 2.45) is 0 Å². The van der Waals surface area contributed by atoms with Gasteiger partial charge in [0.05, 0.1) is 10.9 Å². The smallest absolute Gasteiger partial charge is 0.119 e. The summed E-state index contributed by atoms with van der Waals surface area (Å²) in [5.74, 6) is 0.896. The molecule has 0 saturated heterocycles. The van der Waals surface area contributed by atoms with Crippen LogP contribution in [-0.2, 0) is 6.54 Å². The van der Waals surface area contributed by atoms with Gasteiger partial charge in [-0.3, -0.25) is 0 Å². The van der Waals surface area contributed by atoms with Gasteiger partial charge in [-0.15, -0.1) is 11.3 Å². The second-order valence-electron chi connectivity index (χ2n) is 4.21. The van der Waals surface area contributed by atoms with Crippen molar-refractivity contribution in [3.05, 3.63) is 49.0 Å². The molecule has 0 saturated carbocycles. The van der Waals surface area contributed by atoms with Crippen LogP contribution >= 0.6 is 43.2 Å². The molecule has 5 heteroatoms. The summed E-state index contributed by atoms with van der Waals surface area (Å²) in [4.78, 5) is 1.30. The van der Waals surface area contributed by atoms with Gasteiger partial charge in [0.1, 0.15) is 5.75 Å². The normalized spacial score (nSPS) is 12.4. The summed E-state index contributed by atoms with van der Waals surface area (Å²) in [6.45, 7) is 3.01. The topological polar surface area (TPSA) is 21.3 Å². The summed E-state index contributed by atoms with van der Waals surface area (Å²) in [6.07, 6.45) is 0. The van der Waals surface area contributed by atoms with E-state index in [1.807, 2.05) is 12.1 Å². The largest absolute Gasteiger partial charge is 0.497 e. The lowest BCUT2D eigenvalue weighted by Gasteiger charge is -2.14. The number of nitrogens with one attached hydrogen (secondary N) is 1. The summed E-state index contributed by atoms with van der Waals surface area (Å²) in [5, 5.41) is 3.52. The second kappa shape index (κ2) is 6.88. The van der Waals surface area contributed by atoms with Gasteiger partial charge in [0.2, 0.25) is 0 Å². The van der Waals surface area contributed by atoms with Crippen molar-refractivity contribution >= 4 is 43.2 Å². The van der Waals surface area contributed by atoms with Crippen LogP contribution in [-0.4, -0.2) is 7.11 Å². The van der Waals surface area contributed by atoms with E-state index in [1.165, 1.54) is 10.4 Å². The highest BCUT2D eigenvalue weighted by Crippen LogP contribution is 2.32. The minimum Gasteiger partial charge on any atom is -0.497 e. The third-order valence-electron chi connectivity index (χ3n) is 2.87. The van der Waals surface area contributed by atoms with Crippen LogP contribution in [0.1, 0.15) is 23.4 Å². The van der Waals surface area contributed by atoms with Gasteiger partial charge in [0.25, 0.3) is 0 Å². The number of methoxy groups -OCH3 is 1. The lowest BCUT2D eigenvalue weighted by atomic mass is 10.1. The van der Waals surface area contributed by atoms with E-state index in [0.29, 0.717) is 0 Å². The van der Waals surface area contributed by atoms with Gasteiger partial charge in [-0.05, 0) is 62.5 Å². The van der Waals surface area contributed by atoms with E-state index in [-0.39, 0.29) is 6.04 Å². The second-order valence-corrected chi connectivity index (χ2v) is 7.52. The van der Waals surface area contributed by atoms with Crippen LogP contribution in [0.5, 0.6) is 5.75 Å². The molecule has 2 aromatic rings. The Hall–Kier alpha value is -0.360. The van der Waals surface area contributed by atoms with Crippen LogP contribution in [0.15, 0.2) is 38.6 Å². The zero-order chi connectivity index (χ0) is 13.8. The molecule has 102 valence electrons. The highest BCUT2D eigenvalue weighted by molar-refractivity contribution is 9.13. The fraction of sp³-hybridized carbons (Fsp3) is 0.286. The third-order valence-corrected chi connectivity index (χ3v) is 6.13. The number of benzene rings is 1. The Morgan fingerprint density at radius 3 is 2.74 bits per heavy atom. The van der Waals surface area contributed by atoms with E-state index in [9.17, 15) is 0 Å². The first kappa shape index (κ1) is 15.0. The molecule has 2 nitrogen and oxygen atoms in total. The fourth-order valence-electron chi connectivity index (χ4n) is 1.76. The lowest BCUT2D eigenvalue weighted by molar-refractivity contribution is 0.413. The van der Waals surface area contributed by atoms with Crippen LogP contribution in [0.4, 0.5) is 0 Å². The van der Waals surface area contributed by atoms with Crippen molar-refractivity contribution in [2.75, 3.05) is 7.11 Å². The van der Waals surface area contributed by atoms with Gasteiger partial charge < -0.3 is 10.1 Å². The number of hydrogen-bond acceptors (Lipinski definition) is 3. The standard InChI is InChI=1S/C14H15Br2NOS/c1-9(10-4-3-5-11(6-10)18-2)17-8-12-7-13(15)14(16)19-12/h3-7,9,17H,8H2,1-2H3/t9-/m0/s1. The van der Waals surface area contributed by atoms with Gasteiger partial charge in [-0.1, -0.05) is 12.1 Å². The van der Waals surface area contributed by atoms with E-state index < -0.39 is 0 Å². The number of rotatable bonds is 5. The highest BCUT2D eigenvalue weighted by Gasteiger charge is 2.08. The van der Waals surface area contributed by atoms with Crippen molar-refractivity contribution in [3.63, 3.8) is 0 Å². The molecular formula is C14H15Br2NOS. The van der Waals surface area contributed by atoms with Gasteiger partial charge >= 0.3 is 0 Å². The maximum absolute atomic E-state index is 5.25. The maximum Gasteiger partial charge on any atom is 0.119 e. The number of halogens is 2. The summed E-state index contributed by atoms with van der Waals surface area (Å²) in [6, 6.07) is 10.6. The molecule has 1 N–H and O–H groups in total. The van der Waals surface area contributed by atoms with Gasteiger partial charge in [0, 0.05) is 21.9 Å². The molecule has 1 atom stereocenters. The molecule has 0 fully saturated rings. The van der Waals surface area contributed by atoms with Gasteiger partial charge in [-0.2, -0.15) is 0 Å². The van der Waals surface area contributed by atoms with Crippen LogP contribution in [0.3, 0.4) is 0 Å². The summed E-state index contributed by atoms with van der Waals surface area (Å²) in [5.41, 5.74) is 1.23. The molecule has 0 bridgehead atoms. The van der Waals surface area contributed by atoms with Crippen molar-refractivity contribution in [1.29, 1.82) is 0 Å². The summed E-state index contributed by atoms with van der Waals surface area (Å²) < 4.78 is 7.50. The van der Waals surface area contributed by atoms with E-state index in [1.54, 1.807) is 18.4 Å². The zero-order valence-electron chi connectivity index (χ0n) is 10.7. The van der Waals surface area contributed by atoms with Crippen molar-refractivity contribution in [3.8, 4) is 5.75 Å². The lowest BCUT2D eigenvalue weighted by Crippen LogP contribution is -2.17. The molecule has 0 amide bonds. The van der Waals surface area contributed by atoms with Gasteiger partial charge in [0.15, 0.2) is 0 Å². The molecule has 19 heavy (non-hydrogen) atoms. The van der Waals surface area contributed by atoms with E-state index in [4.69, 9.17) is 4.74 Å². The molecule has 1 aromatic heterocycles. The summed E-state index contributed by atoms with van der Waals surface area (Å²) >= 11 is 8.76. The SMILES string of the molecule is COc1cccc([C@H](C)NCc2cc(Br)c(Br)s2)c1. The molecule has 0 radical (unpaired) electrons. The monoisotopic (exact) mass is 403 g/mol. The van der Waals surface area contributed by atoms with E-state index in [0.717, 1.165) is 20.6 Å². The predicted molar refractivity (Wildman–Crippen MR) is 88.0 cm³/mol. The molecule has 1 aromatic carbocycles. The van der Waals surface area contributed by atoms with Crippen LogP contribution in [0.2, 0.25) is 0 Å². The van der Waals surface area contributed by atoms with Crippen molar-refractivity contribution < 1.29 is 4.74 Å². The predicted octanol–water partition coefficient (Wildman–Crippen LogP) is 5.13. The Bertz CT molecular complexity index is 537. The Labute approximate surface area is 134 Å². The first-order chi connectivity index (χ1) is 9.10. The maximum atomic E-state index is 5.25. The summed E-state index contributed by atoms with van der Waals surface area (Å²) in [7, 11) is 1.69. The number of hydrogen-bond donors (Lipinski definition) is 1. The molecule has 0 unspecified atom stereocenters. The molecule has 1 heterocycles. The quantitative estimate of drug-likeness (QED) is 0.745. The Balaban J connectivity index is 1.98. The average Bonchev–Trinajstić information content (AvgIpc) is 2.75. The molecule has 0 aliphatic carbocycles. The molecule has 0 spiro atoms. The van der Waals surface area contributed by atoms with Crippen molar-refractivity contribution in [1.82, 2.24) is 5.32 Å². The Morgan fingerprint density at radius 1 is 1.32 bits per heavy atom. The molecule has 2 rings (SSSR count). The average molecular weight is 405 g/mol. The Kier molecular flexibility index (Phi) is 5.45. The van der Waals surface area contributed by atoms with Gasteiger partial charge in [-0.25, -0.2) is 0 Å². The highest BCUT2D eigenvalue weighted by atomic mass is 79.9. The third kappa shape index (κ3) is 4.05. The van der Waals surface area contributed by atoms with E-state index in [2.05, 4.69) is 62.3 Å². The fourth-order valence-corrected chi connectivity index (χ4v) is 3.89. The molecule has 0 aliphatic rings. The Morgan fingerprint density at radius 2 is 2.11 bits per heavy atom. The van der Waals surface area contributed by atoms with E-state index >= 15 is 0 Å². The minimum absolute atomic E-state index is 0.287. The zero-order valence-corrected chi connectivity index (χ0v) is 14.7. The first-order valence-corrected chi connectivity index (χ1v) is 8.31. The minimum atomic E-state index is 0.287. The first-order valence-electron chi connectivity index (χ1n) is 5.91. The van der Waals surface area contributed by atoms with Crippen LogP contribution in [0.25, 0.3) is 0 Å². The molecular weight excluding hydrogens is 390 g/mol. The van der Waals surface area contributed by atoms with Crippen LogP contribution in [0, 0.1) is 0 Å². The van der Waals surface area contributed by atoms with Crippen LogP contribution < -0.4 is 10.1 Å². The number of thiophene rings is 1.